The van der Waals surface area contributed by atoms with E-state index in [9.17, 15) is 4.79 Å². The highest BCUT2D eigenvalue weighted by Crippen LogP contribution is 2.39. The molecular formula is C30H40N6O. The van der Waals surface area contributed by atoms with Crippen LogP contribution in [0.1, 0.15) is 75.3 Å². The molecule has 1 saturated heterocycles. The highest BCUT2D eigenvalue weighted by Gasteiger charge is 2.25. The van der Waals surface area contributed by atoms with Crippen LogP contribution in [0.4, 0.5) is 0 Å². The molecule has 1 fully saturated rings. The van der Waals surface area contributed by atoms with Crippen molar-refractivity contribution >= 4 is 27.8 Å². The van der Waals surface area contributed by atoms with Crippen molar-refractivity contribution in [2.45, 2.75) is 64.2 Å². The molecule has 0 unspecified atom stereocenters. The maximum atomic E-state index is 12.7. The number of hydrogen-bond donors (Lipinski definition) is 2. The molecule has 4 aromatic rings. The molecule has 0 aliphatic carbocycles. The Morgan fingerprint density at radius 3 is 2.68 bits per heavy atom. The van der Waals surface area contributed by atoms with Crippen LogP contribution >= 0.6 is 0 Å². The van der Waals surface area contributed by atoms with E-state index in [0.29, 0.717) is 24.2 Å². The number of H-pyrrole nitrogens is 2. The molecule has 3 aromatic heterocycles. The van der Waals surface area contributed by atoms with Crippen LogP contribution in [-0.4, -0.2) is 69.6 Å². The molecule has 196 valence electrons. The van der Waals surface area contributed by atoms with Gasteiger partial charge in [0, 0.05) is 47.6 Å². The first kappa shape index (κ1) is 25.5. The molecule has 0 saturated carbocycles. The number of amides is 1. The number of benzene rings is 1. The Hall–Kier alpha value is -3.19. The number of hydrogen-bond acceptors (Lipinski definition) is 4. The summed E-state index contributed by atoms with van der Waals surface area (Å²) in [6, 6.07) is 8.98. The highest BCUT2D eigenvalue weighted by molar-refractivity contribution is 5.98. The first-order valence-electron chi connectivity index (χ1n) is 13.8. The minimum absolute atomic E-state index is 0.332. The second-order valence-corrected chi connectivity index (χ2v) is 11.1. The lowest BCUT2D eigenvalue weighted by atomic mass is 9.87. The Bertz CT molecular complexity index is 1360. The Morgan fingerprint density at radius 2 is 1.92 bits per heavy atom. The Kier molecular flexibility index (Phi) is 7.60. The summed E-state index contributed by atoms with van der Waals surface area (Å²) in [4.78, 5) is 25.2. The number of likely N-dealkylation sites (tertiary alicyclic amines) is 1. The molecule has 37 heavy (non-hydrogen) atoms. The van der Waals surface area contributed by atoms with Crippen molar-refractivity contribution < 1.29 is 4.79 Å². The Balaban J connectivity index is 1.30. The summed E-state index contributed by atoms with van der Waals surface area (Å²) in [6.07, 6.45) is 9.75. The molecule has 7 nitrogen and oxygen atoms in total. The van der Waals surface area contributed by atoms with E-state index in [2.05, 4.69) is 82.2 Å². The molecule has 0 radical (unpaired) electrons. The van der Waals surface area contributed by atoms with Gasteiger partial charge >= 0.3 is 0 Å². The maximum Gasteiger partial charge on any atom is 0.222 e. The minimum atomic E-state index is 0.332. The summed E-state index contributed by atoms with van der Waals surface area (Å²) in [6.45, 7) is 7.35. The van der Waals surface area contributed by atoms with Crippen molar-refractivity contribution in [1.82, 2.24) is 30.0 Å². The number of aromatic nitrogens is 4. The number of fused-ring (bicyclic) bond motifs is 2. The van der Waals surface area contributed by atoms with Crippen molar-refractivity contribution in [1.29, 1.82) is 0 Å². The number of nitrogens with zero attached hydrogens (tertiary/aromatic N) is 4. The highest BCUT2D eigenvalue weighted by atomic mass is 16.2. The fourth-order valence-corrected chi connectivity index (χ4v) is 5.87. The number of piperidine rings is 1. The summed E-state index contributed by atoms with van der Waals surface area (Å²) in [7, 11) is 4.20. The van der Waals surface area contributed by atoms with Crippen LogP contribution in [0.3, 0.4) is 0 Å². The van der Waals surface area contributed by atoms with E-state index in [1.165, 1.54) is 16.5 Å². The number of nitrogens with one attached hydrogen (secondary N) is 2. The molecule has 2 N–H and O–H groups in total. The lowest BCUT2D eigenvalue weighted by Gasteiger charge is -2.32. The summed E-state index contributed by atoms with van der Waals surface area (Å²) in [5.41, 5.74) is 6.99. The summed E-state index contributed by atoms with van der Waals surface area (Å²) in [5, 5.41) is 9.53. The number of carbonyl (C=O) groups excluding carboxylic acids is 1. The van der Waals surface area contributed by atoms with Crippen molar-refractivity contribution in [3.63, 3.8) is 0 Å². The quantitative estimate of drug-likeness (QED) is 0.274. The van der Waals surface area contributed by atoms with Crippen LogP contribution in [0.2, 0.25) is 0 Å². The third-order valence-electron chi connectivity index (χ3n) is 7.88. The molecule has 0 atom stereocenters. The smallest absolute Gasteiger partial charge is 0.222 e. The van der Waals surface area contributed by atoms with Gasteiger partial charge in [-0.15, -0.1) is 0 Å². The fourth-order valence-electron chi connectivity index (χ4n) is 5.87. The zero-order valence-corrected chi connectivity index (χ0v) is 22.7. The third kappa shape index (κ3) is 5.42. The first-order chi connectivity index (χ1) is 17.9. The molecule has 7 heteroatoms. The van der Waals surface area contributed by atoms with E-state index in [1.54, 1.807) is 0 Å². The van der Waals surface area contributed by atoms with Gasteiger partial charge in [0.25, 0.3) is 0 Å². The van der Waals surface area contributed by atoms with Crippen molar-refractivity contribution in [2.24, 2.45) is 0 Å². The Labute approximate surface area is 219 Å². The topological polar surface area (TPSA) is 80.9 Å². The van der Waals surface area contributed by atoms with E-state index in [1.807, 2.05) is 12.4 Å². The number of rotatable bonds is 9. The standard InChI is InChI=1S/C30H40N6O/c1-20(2)28-24-18-22(21-12-16-36(17-13-21)27(37)8-6-5-7-15-35(3)4)9-10-26(24)33-29(28)23-11-14-31-30-25(23)19-32-34-30/h9-11,14,18-21,33H,5-8,12-13,15-17H2,1-4H3,(H,31,32,34). The number of unbranched alkanes of at least 4 members (excludes halogenated alkanes) is 2. The van der Waals surface area contributed by atoms with Gasteiger partial charge in [0.15, 0.2) is 5.65 Å². The molecule has 1 aromatic carbocycles. The van der Waals surface area contributed by atoms with Crippen LogP contribution in [0.15, 0.2) is 36.7 Å². The zero-order chi connectivity index (χ0) is 25.9. The van der Waals surface area contributed by atoms with E-state index in [0.717, 1.165) is 79.5 Å². The van der Waals surface area contributed by atoms with Gasteiger partial charge in [0.1, 0.15) is 0 Å². The van der Waals surface area contributed by atoms with Gasteiger partial charge in [0.05, 0.1) is 11.9 Å². The number of pyridine rings is 1. The number of carbonyl (C=O) groups is 1. The van der Waals surface area contributed by atoms with Crippen LogP contribution in [0.25, 0.3) is 33.2 Å². The molecule has 0 spiro atoms. The molecule has 4 heterocycles. The van der Waals surface area contributed by atoms with Gasteiger partial charge in [-0.05, 0) is 87.5 Å². The van der Waals surface area contributed by atoms with Crippen LogP contribution in [0.5, 0.6) is 0 Å². The van der Waals surface area contributed by atoms with Crippen LogP contribution < -0.4 is 0 Å². The predicted octanol–water partition coefficient (Wildman–Crippen LogP) is 6.06. The largest absolute Gasteiger partial charge is 0.354 e. The predicted molar refractivity (Wildman–Crippen MR) is 151 cm³/mol. The van der Waals surface area contributed by atoms with E-state index in [-0.39, 0.29) is 0 Å². The van der Waals surface area contributed by atoms with E-state index in [4.69, 9.17) is 0 Å². The lowest BCUT2D eigenvalue weighted by Crippen LogP contribution is -2.37. The van der Waals surface area contributed by atoms with Gasteiger partial charge in [0.2, 0.25) is 5.91 Å². The SMILES string of the molecule is CC(C)c1c(-c2ccnc3[nH]ncc23)[nH]c2ccc(C3CCN(C(=O)CCCCCN(C)C)CC3)cc12. The molecule has 1 aliphatic heterocycles. The normalized spacial score (nSPS) is 15.0. The Morgan fingerprint density at radius 1 is 1.11 bits per heavy atom. The van der Waals surface area contributed by atoms with Crippen LogP contribution in [0, 0.1) is 0 Å². The second-order valence-electron chi connectivity index (χ2n) is 11.1. The molecule has 0 bridgehead atoms. The molecule has 1 aliphatic rings. The van der Waals surface area contributed by atoms with Crippen LogP contribution in [-0.2, 0) is 4.79 Å². The first-order valence-corrected chi connectivity index (χ1v) is 13.8. The number of aromatic amines is 2. The second kappa shape index (κ2) is 11.1. The van der Waals surface area contributed by atoms with Crippen molar-refractivity contribution in [2.75, 3.05) is 33.7 Å². The molecular weight excluding hydrogens is 460 g/mol. The van der Waals surface area contributed by atoms with Gasteiger partial charge in [-0.2, -0.15) is 5.10 Å². The van der Waals surface area contributed by atoms with Crippen molar-refractivity contribution in [3.05, 3.63) is 47.8 Å². The maximum absolute atomic E-state index is 12.7. The van der Waals surface area contributed by atoms with E-state index >= 15 is 0 Å². The molecule has 5 rings (SSSR count). The minimum Gasteiger partial charge on any atom is -0.354 e. The lowest BCUT2D eigenvalue weighted by molar-refractivity contribution is -0.132. The zero-order valence-electron chi connectivity index (χ0n) is 22.7. The molecule has 1 amide bonds. The van der Waals surface area contributed by atoms with Crippen molar-refractivity contribution in [3.8, 4) is 11.3 Å². The van der Waals surface area contributed by atoms with Gasteiger partial charge in [-0.25, -0.2) is 4.98 Å². The summed E-state index contributed by atoms with van der Waals surface area (Å²) in [5.74, 6) is 1.19. The third-order valence-corrected chi connectivity index (χ3v) is 7.88. The van der Waals surface area contributed by atoms with Gasteiger partial charge in [-0.3, -0.25) is 9.89 Å². The average Bonchev–Trinajstić information content (AvgIpc) is 3.52. The summed E-state index contributed by atoms with van der Waals surface area (Å²) >= 11 is 0. The van der Waals surface area contributed by atoms with Gasteiger partial charge < -0.3 is 14.8 Å². The monoisotopic (exact) mass is 500 g/mol. The average molecular weight is 501 g/mol. The van der Waals surface area contributed by atoms with Gasteiger partial charge in [-0.1, -0.05) is 26.3 Å². The fraction of sp³-hybridized carbons (Fsp3) is 0.500. The van der Waals surface area contributed by atoms with E-state index < -0.39 is 0 Å². The summed E-state index contributed by atoms with van der Waals surface area (Å²) < 4.78 is 0.